The van der Waals surface area contributed by atoms with Crippen LogP contribution in [0.4, 0.5) is 0 Å². The summed E-state index contributed by atoms with van der Waals surface area (Å²) in [6, 6.07) is 13.4. The summed E-state index contributed by atoms with van der Waals surface area (Å²) in [7, 11) is 0. The van der Waals surface area contributed by atoms with E-state index in [2.05, 4.69) is 5.32 Å². The van der Waals surface area contributed by atoms with Crippen molar-refractivity contribution in [2.45, 2.75) is 46.1 Å². The SMILES string of the molecule is CCOC(=O)C1CCCN(C(=O)C(NC(=O)Cc2ccc3ccccc3c2)C(C)C)C1. The molecule has 3 rings (SSSR count). The van der Waals surface area contributed by atoms with Gasteiger partial charge in [0.1, 0.15) is 6.04 Å². The van der Waals surface area contributed by atoms with Crippen molar-refractivity contribution in [3.05, 3.63) is 48.0 Å². The van der Waals surface area contributed by atoms with Crippen LogP contribution in [0, 0.1) is 11.8 Å². The van der Waals surface area contributed by atoms with Gasteiger partial charge in [0.25, 0.3) is 0 Å². The Bertz CT molecular complexity index is 940. The van der Waals surface area contributed by atoms with Gasteiger partial charge in [0.05, 0.1) is 18.9 Å². The summed E-state index contributed by atoms with van der Waals surface area (Å²) in [6.45, 7) is 6.91. The number of nitrogens with one attached hydrogen (secondary N) is 1. The number of carbonyl (C=O) groups is 3. The first-order valence-corrected chi connectivity index (χ1v) is 11.1. The molecule has 1 fully saturated rings. The summed E-state index contributed by atoms with van der Waals surface area (Å²) in [5.74, 6) is -0.909. The van der Waals surface area contributed by atoms with Gasteiger partial charge in [-0.05, 0) is 42.0 Å². The second kappa shape index (κ2) is 10.4. The van der Waals surface area contributed by atoms with Gasteiger partial charge < -0.3 is 15.0 Å². The Hall–Kier alpha value is -2.89. The molecule has 6 heteroatoms. The highest BCUT2D eigenvalue weighted by Gasteiger charge is 2.34. The molecule has 2 aromatic carbocycles. The topological polar surface area (TPSA) is 75.7 Å². The van der Waals surface area contributed by atoms with Crippen LogP contribution in [0.3, 0.4) is 0 Å². The van der Waals surface area contributed by atoms with Crippen LogP contribution in [0.15, 0.2) is 42.5 Å². The molecule has 6 nitrogen and oxygen atoms in total. The smallest absolute Gasteiger partial charge is 0.310 e. The lowest BCUT2D eigenvalue weighted by Gasteiger charge is -2.35. The fourth-order valence-electron chi connectivity index (χ4n) is 4.10. The van der Waals surface area contributed by atoms with Crippen LogP contribution in [0.1, 0.15) is 39.2 Å². The normalized spacial score (nSPS) is 17.4. The zero-order chi connectivity index (χ0) is 22.4. The summed E-state index contributed by atoms with van der Waals surface area (Å²) >= 11 is 0. The van der Waals surface area contributed by atoms with Gasteiger partial charge in [0.2, 0.25) is 11.8 Å². The van der Waals surface area contributed by atoms with E-state index in [-0.39, 0.29) is 36.0 Å². The third-order valence-corrected chi connectivity index (χ3v) is 5.78. The van der Waals surface area contributed by atoms with E-state index in [1.54, 1.807) is 11.8 Å². The molecule has 0 aliphatic carbocycles. The number of nitrogens with zero attached hydrogens (tertiary/aromatic N) is 1. The van der Waals surface area contributed by atoms with Crippen LogP contribution < -0.4 is 5.32 Å². The molecule has 2 atom stereocenters. The van der Waals surface area contributed by atoms with Gasteiger partial charge in [-0.15, -0.1) is 0 Å². The molecule has 1 saturated heterocycles. The van der Waals surface area contributed by atoms with Crippen molar-refractivity contribution in [3.63, 3.8) is 0 Å². The molecule has 1 aliphatic rings. The maximum absolute atomic E-state index is 13.2. The molecule has 0 bridgehead atoms. The Morgan fingerprint density at radius 3 is 2.58 bits per heavy atom. The second-order valence-electron chi connectivity index (χ2n) is 8.52. The standard InChI is InChI=1S/C25H32N2O4/c1-4-31-25(30)21-10-7-13-27(16-21)24(29)23(17(2)3)26-22(28)15-18-11-12-19-8-5-6-9-20(19)14-18/h5-6,8-9,11-12,14,17,21,23H,4,7,10,13,15-16H2,1-3H3,(H,26,28). The van der Waals surface area contributed by atoms with Gasteiger partial charge in [-0.25, -0.2) is 0 Å². The van der Waals surface area contributed by atoms with E-state index >= 15 is 0 Å². The summed E-state index contributed by atoms with van der Waals surface area (Å²) < 4.78 is 5.13. The molecular formula is C25H32N2O4. The number of amides is 2. The monoisotopic (exact) mass is 424 g/mol. The van der Waals surface area contributed by atoms with Crippen LogP contribution in [0.2, 0.25) is 0 Å². The molecule has 166 valence electrons. The van der Waals surface area contributed by atoms with Crippen molar-refractivity contribution in [3.8, 4) is 0 Å². The summed E-state index contributed by atoms with van der Waals surface area (Å²) in [4.78, 5) is 39.8. The zero-order valence-electron chi connectivity index (χ0n) is 18.6. The first kappa shape index (κ1) is 22.8. The first-order valence-electron chi connectivity index (χ1n) is 11.1. The molecule has 1 heterocycles. The van der Waals surface area contributed by atoms with Crippen molar-refractivity contribution >= 4 is 28.6 Å². The van der Waals surface area contributed by atoms with Crippen molar-refractivity contribution in [1.82, 2.24) is 10.2 Å². The maximum Gasteiger partial charge on any atom is 0.310 e. The van der Waals surface area contributed by atoms with Crippen molar-refractivity contribution in [1.29, 1.82) is 0 Å². The summed E-state index contributed by atoms with van der Waals surface area (Å²) in [5, 5.41) is 5.15. The number of carbonyl (C=O) groups excluding carboxylic acids is 3. The quantitative estimate of drug-likeness (QED) is 0.692. The maximum atomic E-state index is 13.2. The molecule has 0 aromatic heterocycles. The predicted octanol–water partition coefficient (Wildman–Crippen LogP) is 3.32. The summed E-state index contributed by atoms with van der Waals surface area (Å²) in [6.07, 6.45) is 1.70. The minimum atomic E-state index is -0.617. The molecule has 2 amide bonds. The first-order chi connectivity index (χ1) is 14.9. The van der Waals surface area contributed by atoms with E-state index in [4.69, 9.17) is 4.74 Å². The largest absolute Gasteiger partial charge is 0.466 e. The average molecular weight is 425 g/mol. The van der Waals surface area contributed by atoms with Crippen molar-refractivity contribution in [2.24, 2.45) is 11.8 Å². The van der Waals surface area contributed by atoms with Gasteiger partial charge in [0.15, 0.2) is 0 Å². The van der Waals surface area contributed by atoms with Gasteiger partial charge in [-0.3, -0.25) is 14.4 Å². The van der Waals surface area contributed by atoms with Gasteiger partial charge >= 0.3 is 5.97 Å². The van der Waals surface area contributed by atoms with Crippen LogP contribution in [-0.4, -0.2) is 48.4 Å². The van der Waals surface area contributed by atoms with Crippen LogP contribution in [0.5, 0.6) is 0 Å². The molecule has 1 N–H and O–H groups in total. The van der Waals surface area contributed by atoms with Gasteiger partial charge in [-0.1, -0.05) is 56.3 Å². The number of fused-ring (bicyclic) bond motifs is 1. The van der Waals surface area contributed by atoms with Crippen LogP contribution in [-0.2, 0) is 25.5 Å². The third kappa shape index (κ3) is 5.84. The molecule has 1 aliphatic heterocycles. The molecule has 2 unspecified atom stereocenters. The number of benzene rings is 2. The Kier molecular flexibility index (Phi) is 7.66. The fourth-order valence-corrected chi connectivity index (χ4v) is 4.10. The van der Waals surface area contributed by atoms with E-state index in [9.17, 15) is 14.4 Å². The van der Waals surface area contributed by atoms with Crippen molar-refractivity contribution in [2.75, 3.05) is 19.7 Å². The molecule has 0 saturated carbocycles. The molecule has 0 spiro atoms. The number of piperidine rings is 1. The number of hydrogen-bond acceptors (Lipinski definition) is 4. The molecular weight excluding hydrogens is 392 g/mol. The molecule has 2 aromatic rings. The highest BCUT2D eigenvalue weighted by Crippen LogP contribution is 2.20. The Balaban J connectivity index is 1.64. The number of hydrogen-bond donors (Lipinski definition) is 1. The number of likely N-dealkylation sites (tertiary alicyclic amines) is 1. The lowest BCUT2D eigenvalue weighted by molar-refractivity contribution is -0.152. The molecule has 0 radical (unpaired) electrons. The Morgan fingerprint density at radius 2 is 1.87 bits per heavy atom. The van der Waals surface area contributed by atoms with Crippen molar-refractivity contribution < 1.29 is 19.1 Å². The zero-order valence-corrected chi connectivity index (χ0v) is 18.6. The van der Waals surface area contributed by atoms with E-state index in [1.165, 1.54) is 0 Å². The van der Waals surface area contributed by atoms with Crippen LogP contribution >= 0.6 is 0 Å². The highest BCUT2D eigenvalue weighted by atomic mass is 16.5. The second-order valence-corrected chi connectivity index (χ2v) is 8.52. The lowest BCUT2D eigenvalue weighted by atomic mass is 9.95. The van der Waals surface area contributed by atoms with E-state index in [0.29, 0.717) is 19.7 Å². The van der Waals surface area contributed by atoms with E-state index in [0.717, 1.165) is 29.2 Å². The fraction of sp³-hybridized carbons (Fsp3) is 0.480. The minimum absolute atomic E-state index is 0.0592. The average Bonchev–Trinajstić information content (AvgIpc) is 2.77. The predicted molar refractivity (Wildman–Crippen MR) is 120 cm³/mol. The molecule has 31 heavy (non-hydrogen) atoms. The van der Waals surface area contributed by atoms with Crippen LogP contribution in [0.25, 0.3) is 10.8 Å². The Morgan fingerprint density at radius 1 is 1.13 bits per heavy atom. The van der Waals surface area contributed by atoms with E-state index in [1.807, 2.05) is 56.3 Å². The van der Waals surface area contributed by atoms with E-state index < -0.39 is 6.04 Å². The minimum Gasteiger partial charge on any atom is -0.466 e. The number of rotatable bonds is 7. The Labute approximate surface area is 183 Å². The van der Waals surface area contributed by atoms with Gasteiger partial charge in [-0.2, -0.15) is 0 Å². The summed E-state index contributed by atoms with van der Waals surface area (Å²) in [5.41, 5.74) is 0.909. The third-order valence-electron chi connectivity index (χ3n) is 5.78. The number of ether oxygens (including phenoxy) is 1. The number of esters is 1. The lowest BCUT2D eigenvalue weighted by Crippen LogP contribution is -2.54. The highest BCUT2D eigenvalue weighted by molar-refractivity contribution is 5.90. The van der Waals surface area contributed by atoms with Gasteiger partial charge in [0, 0.05) is 13.1 Å².